The molecule has 0 aliphatic heterocycles. The van der Waals surface area contributed by atoms with Gasteiger partial charge in [0.15, 0.2) is 5.82 Å². The lowest BCUT2D eigenvalue weighted by molar-refractivity contribution is -0.139. The number of esters is 1. The molecule has 14 heavy (non-hydrogen) atoms. The molecule has 0 amide bonds. The number of rotatable bonds is 2. The molecular weight excluding hydrogens is 319 g/mol. The fourth-order valence-corrected chi connectivity index (χ4v) is 2.23. The molecule has 0 bridgehead atoms. The molecule has 1 aromatic carbocycles. The molecule has 0 heterocycles. The highest BCUT2D eigenvalue weighted by atomic mass is 79.9. The minimum absolute atomic E-state index is 0.133. The van der Waals surface area contributed by atoms with E-state index in [-0.39, 0.29) is 18.2 Å². The molecule has 0 aromatic heterocycles. The molecule has 0 spiro atoms. The van der Waals surface area contributed by atoms with Gasteiger partial charge in [-0.15, -0.1) is 0 Å². The molecular formula is C9H7Br2FO2. The van der Waals surface area contributed by atoms with Gasteiger partial charge in [-0.1, -0.05) is 0 Å². The summed E-state index contributed by atoms with van der Waals surface area (Å²) in [5, 5.41) is 0. The second-order valence-electron chi connectivity index (χ2n) is 2.63. The number of halogens is 3. The minimum atomic E-state index is -0.376. The number of hydrogen-bond donors (Lipinski definition) is 0. The first kappa shape index (κ1) is 11.7. The third kappa shape index (κ3) is 2.78. The van der Waals surface area contributed by atoms with Gasteiger partial charge in [-0.2, -0.15) is 0 Å². The average molecular weight is 326 g/mol. The summed E-state index contributed by atoms with van der Waals surface area (Å²) in [4.78, 5) is 10.9. The Balaban J connectivity index is 2.95. The molecule has 1 rings (SSSR count). The van der Waals surface area contributed by atoms with E-state index in [0.29, 0.717) is 14.5 Å². The second-order valence-corrected chi connectivity index (χ2v) is 4.34. The van der Waals surface area contributed by atoms with Crippen LogP contribution in [0.2, 0.25) is 0 Å². The highest BCUT2D eigenvalue weighted by Gasteiger charge is 2.09. The minimum Gasteiger partial charge on any atom is -0.469 e. The summed E-state index contributed by atoms with van der Waals surface area (Å²) in [6, 6.07) is 3.11. The summed E-state index contributed by atoms with van der Waals surface area (Å²) in [7, 11) is 1.32. The Hall–Kier alpha value is -0.420. The fourth-order valence-electron chi connectivity index (χ4n) is 0.949. The molecule has 0 unspecified atom stereocenters. The van der Waals surface area contributed by atoms with Crippen molar-refractivity contribution < 1.29 is 13.9 Å². The zero-order chi connectivity index (χ0) is 10.7. The number of carbonyl (C=O) groups is 1. The number of hydrogen-bond acceptors (Lipinski definition) is 2. The van der Waals surface area contributed by atoms with Gasteiger partial charge in [-0.3, -0.25) is 4.79 Å². The van der Waals surface area contributed by atoms with E-state index in [9.17, 15) is 9.18 Å². The molecule has 5 heteroatoms. The van der Waals surface area contributed by atoms with Crippen LogP contribution >= 0.6 is 31.9 Å². The molecule has 0 radical (unpaired) electrons. The molecule has 2 nitrogen and oxygen atoms in total. The van der Waals surface area contributed by atoms with Crippen LogP contribution in [0.25, 0.3) is 0 Å². The van der Waals surface area contributed by atoms with Crippen LogP contribution in [0.1, 0.15) is 5.56 Å². The van der Waals surface area contributed by atoms with Gasteiger partial charge in [0.25, 0.3) is 0 Å². The van der Waals surface area contributed by atoms with E-state index in [1.165, 1.54) is 7.11 Å². The number of ether oxygens (including phenoxy) is 1. The molecule has 0 aliphatic carbocycles. The van der Waals surface area contributed by atoms with Crippen molar-refractivity contribution in [2.45, 2.75) is 6.42 Å². The number of methoxy groups -OCH3 is 1. The summed E-state index contributed by atoms with van der Waals surface area (Å²) < 4.78 is 18.3. The molecule has 0 N–H and O–H groups in total. The van der Waals surface area contributed by atoms with E-state index in [0.717, 1.165) is 0 Å². The van der Waals surface area contributed by atoms with Crippen LogP contribution in [-0.4, -0.2) is 13.1 Å². The Morgan fingerprint density at radius 3 is 2.36 bits per heavy atom. The Kier molecular flexibility index (Phi) is 4.07. The highest BCUT2D eigenvalue weighted by Crippen LogP contribution is 2.25. The quantitative estimate of drug-likeness (QED) is 0.617. The zero-order valence-electron chi connectivity index (χ0n) is 7.31. The standard InChI is InChI=1S/C9H7Br2FO2/c1-14-8(13)4-5-2-6(10)9(12)7(11)3-5/h2-3H,4H2,1H3. The van der Waals surface area contributed by atoms with Gasteiger partial charge in [0, 0.05) is 0 Å². The largest absolute Gasteiger partial charge is 0.469 e. The Bertz CT molecular complexity index is 343. The third-order valence-electron chi connectivity index (χ3n) is 1.62. The van der Waals surface area contributed by atoms with Crippen molar-refractivity contribution >= 4 is 37.8 Å². The monoisotopic (exact) mass is 324 g/mol. The molecule has 0 atom stereocenters. The number of benzene rings is 1. The van der Waals surface area contributed by atoms with E-state index >= 15 is 0 Å². The van der Waals surface area contributed by atoms with Gasteiger partial charge in [-0.25, -0.2) is 4.39 Å². The predicted octanol–water partition coefficient (Wildman–Crippen LogP) is 3.07. The predicted molar refractivity (Wildman–Crippen MR) is 57.5 cm³/mol. The van der Waals surface area contributed by atoms with Gasteiger partial charge in [0.05, 0.1) is 22.5 Å². The molecule has 1 aromatic rings. The van der Waals surface area contributed by atoms with E-state index in [1.54, 1.807) is 12.1 Å². The smallest absolute Gasteiger partial charge is 0.309 e. The van der Waals surface area contributed by atoms with E-state index in [1.807, 2.05) is 0 Å². The second kappa shape index (κ2) is 4.89. The Labute approximate surface area is 97.7 Å². The normalized spacial score (nSPS) is 10.0. The van der Waals surface area contributed by atoms with Gasteiger partial charge < -0.3 is 4.74 Å². The lowest BCUT2D eigenvalue weighted by atomic mass is 10.1. The van der Waals surface area contributed by atoms with Crippen LogP contribution in [-0.2, 0) is 16.0 Å². The van der Waals surface area contributed by atoms with Crippen molar-refractivity contribution in [3.05, 3.63) is 32.5 Å². The lowest BCUT2D eigenvalue weighted by Gasteiger charge is -2.03. The van der Waals surface area contributed by atoms with E-state index in [2.05, 4.69) is 36.6 Å². The maximum absolute atomic E-state index is 13.1. The number of carbonyl (C=O) groups excluding carboxylic acids is 1. The first-order chi connectivity index (χ1) is 6.54. The van der Waals surface area contributed by atoms with Crippen molar-refractivity contribution in [3.8, 4) is 0 Å². The maximum Gasteiger partial charge on any atom is 0.309 e. The van der Waals surface area contributed by atoms with Gasteiger partial charge in [0.2, 0.25) is 0 Å². The molecule has 0 aliphatic rings. The van der Waals surface area contributed by atoms with Crippen LogP contribution in [0.3, 0.4) is 0 Å². The first-order valence-electron chi connectivity index (χ1n) is 3.75. The van der Waals surface area contributed by atoms with Crippen molar-refractivity contribution in [1.29, 1.82) is 0 Å². The van der Waals surface area contributed by atoms with Crippen molar-refractivity contribution in [1.82, 2.24) is 0 Å². The third-order valence-corrected chi connectivity index (χ3v) is 2.77. The zero-order valence-corrected chi connectivity index (χ0v) is 10.5. The Morgan fingerprint density at radius 1 is 1.43 bits per heavy atom. The van der Waals surface area contributed by atoms with Crippen LogP contribution in [0.5, 0.6) is 0 Å². The summed E-state index contributed by atoms with van der Waals surface area (Å²) >= 11 is 6.10. The SMILES string of the molecule is COC(=O)Cc1cc(Br)c(F)c(Br)c1. The fraction of sp³-hybridized carbons (Fsp3) is 0.222. The van der Waals surface area contributed by atoms with Crippen LogP contribution < -0.4 is 0 Å². The topological polar surface area (TPSA) is 26.3 Å². The van der Waals surface area contributed by atoms with Crippen LogP contribution in [0.4, 0.5) is 4.39 Å². The van der Waals surface area contributed by atoms with Crippen LogP contribution in [0.15, 0.2) is 21.1 Å². The molecule has 0 fully saturated rings. The molecule has 0 saturated carbocycles. The van der Waals surface area contributed by atoms with Crippen molar-refractivity contribution in [2.24, 2.45) is 0 Å². The van der Waals surface area contributed by atoms with E-state index in [4.69, 9.17) is 0 Å². The molecule has 76 valence electrons. The average Bonchev–Trinajstić information content (AvgIpc) is 2.14. The summed E-state index contributed by atoms with van der Waals surface area (Å²) in [5.74, 6) is -0.728. The summed E-state index contributed by atoms with van der Waals surface area (Å²) in [6.07, 6.45) is 0.133. The Morgan fingerprint density at radius 2 is 1.93 bits per heavy atom. The van der Waals surface area contributed by atoms with E-state index < -0.39 is 0 Å². The lowest BCUT2D eigenvalue weighted by Crippen LogP contribution is -2.04. The highest BCUT2D eigenvalue weighted by molar-refractivity contribution is 9.11. The van der Waals surface area contributed by atoms with Gasteiger partial charge >= 0.3 is 5.97 Å². The van der Waals surface area contributed by atoms with Crippen molar-refractivity contribution in [3.63, 3.8) is 0 Å². The summed E-state index contributed by atoms with van der Waals surface area (Å²) in [5.41, 5.74) is 0.692. The van der Waals surface area contributed by atoms with Gasteiger partial charge in [-0.05, 0) is 49.6 Å². The molecule has 0 saturated heterocycles. The van der Waals surface area contributed by atoms with Crippen molar-refractivity contribution in [2.75, 3.05) is 7.11 Å². The van der Waals surface area contributed by atoms with Crippen LogP contribution in [0, 0.1) is 5.82 Å². The maximum atomic E-state index is 13.1. The van der Waals surface area contributed by atoms with Gasteiger partial charge in [0.1, 0.15) is 0 Å². The first-order valence-corrected chi connectivity index (χ1v) is 5.33. The summed E-state index contributed by atoms with van der Waals surface area (Å²) in [6.45, 7) is 0.